The van der Waals surface area contributed by atoms with Crippen LogP contribution in [0.2, 0.25) is 0 Å². The zero-order chi connectivity index (χ0) is 13.4. The number of amides is 1. The summed E-state index contributed by atoms with van der Waals surface area (Å²) in [5.41, 5.74) is 0.0978. The number of carboxylic acids is 1. The van der Waals surface area contributed by atoms with E-state index in [0.29, 0.717) is 6.54 Å². The normalized spacial score (nSPS) is 15.7. The van der Waals surface area contributed by atoms with Crippen molar-refractivity contribution in [2.45, 2.75) is 58.3 Å². The first kappa shape index (κ1) is 14.7. The Bertz CT molecular complexity index is 326. The Labute approximate surface area is 108 Å². The van der Waals surface area contributed by atoms with Gasteiger partial charge < -0.3 is 5.11 Å². The molecule has 1 aliphatic rings. The summed E-state index contributed by atoms with van der Waals surface area (Å²) >= 11 is 0. The summed E-state index contributed by atoms with van der Waals surface area (Å²) in [6, 6.07) is 0. The topological polar surface area (TPSA) is 70.0 Å². The van der Waals surface area contributed by atoms with E-state index in [1.807, 2.05) is 0 Å². The molecule has 0 unspecified atom stereocenters. The summed E-state index contributed by atoms with van der Waals surface area (Å²) in [6.07, 6.45) is 7.36. The molecule has 0 aromatic carbocycles. The average molecular weight is 254 g/mol. The van der Waals surface area contributed by atoms with Crippen LogP contribution >= 0.6 is 0 Å². The van der Waals surface area contributed by atoms with Crippen LogP contribution in [-0.4, -0.2) is 34.2 Å². The number of hydrogen-bond acceptors (Lipinski definition) is 3. The Morgan fingerprint density at radius 1 is 1.22 bits per heavy atom. The largest absolute Gasteiger partial charge is 0.477 e. The van der Waals surface area contributed by atoms with Gasteiger partial charge in [-0.05, 0) is 6.42 Å². The van der Waals surface area contributed by atoms with Gasteiger partial charge in [0.1, 0.15) is 5.71 Å². The van der Waals surface area contributed by atoms with Crippen LogP contribution in [0.3, 0.4) is 0 Å². The second kappa shape index (κ2) is 7.84. The van der Waals surface area contributed by atoms with E-state index < -0.39 is 5.97 Å². The number of rotatable bonds is 8. The molecule has 1 N–H and O–H groups in total. The van der Waals surface area contributed by atoms with Crippen molar-refractivity contribution in [3.63, 3.8) is 0 Å². The van der Waals surface area contributed by atoms with Gasteiger partial charge in [0.2, 0.25) is 5.91 Å². The van der Waals surface area contributed by atoms with E-state index in [9.17, 15) is 9.59 Å². The maximum atomic E-state index is 11.6. The lowest BCUT2D eigenvalue weighted by Gasteiger charge is -2.21. The second-order valence-corrected chi connectivity index (χ2v) is 4.64. The zero-order valence-corrected chi connectivity index (χ0v) is 11.0. The highest BCUT2D eigenvalue weighted by Crippen LogP contribution is 2.12. The summed E-state index contributed by atoms with van der Waals surface area (Å²) in [6.45, 7) is 2.72. The van der Waals surface area contributed by atoms with Gasteiger partial charge in [0.05, 0.1) is 0 Å². The third-order valence-corrected chi connectivity index (χ3v) is 3.08. The molecule has 1 rings (SSSR count). The van der Waals surface area contributed by atoms with Crippen LogP contribution in [0.15, 0.2) is 5.10 Å². The van der Waals surface area contributed by atoms with E-state index in [1.165, 1.54) is 30.7 Å². The van der Waals surface area contributed by atoms with Gasteiger partial charge in [-0.15, -0.1) is 0 Å². The second-order valence-electron chi connectivity index (χ2n) is 4.64. The van der Waals surface area contributed by atoms with Gasteiger partial charge in [-0.1, -0.05) is 39.0 Å². The third kappa shape index (κ3) is 4.85. The molecule has 0 atom stereocenters. The smallest absolute Gasteiger partial charge is 0.352 e. The quantitative estimate of drug-likeness (QED) is 0.676. The first-order chi connectivity index (χ1) is 8.65. The van der Waals surface area contributed by atoms with Crippen LogP contribution in [0.4, 0.5) is 0 Å². The van der Waals surface area contributed by atoms with E-state index in [-0.39, 0.29) is 24.5 Å². The number of aliphatic carboxylic acids is 1. The van der Waals surface area contributed by atoms with Crippen molar-refractivity contribution in [1.82, 2.24) is 5.01 Å². The number of unbranched alkanes of at least 4 members (excludes halogenated alkanes) is 5. The van der Waals surface area contributed by atoms with Crippen molar-refractivity contribution in [3.8, 4) is 0 Å². The molecule has 0 radical (unpaired) electrons. The van der Waals surface area contributed by atoms with E-state index in [0.717, 1.165) is 12.8 Å². The van der Waals surface area contributed by atoms with Crippen LogP contribution in [-0.2, 0) is 9.59 Å². The van der Waals surface area contributed by atoms with Crippen molar-refractivity contribution in [2.75, 3.05) is 6.54 Å². The van der Waals surface area contributed by atoms with Gasteiger partial charge in [0.25, 0.3) is 0 Å². The van der Waals surface area contributed by atoms with Crippen LogP contribution in [0.5, 0.6) is 0 Å². The Morgan fingerprint density at radius 2 is 1.89 bits per heavy atom. The van der Waals surface area contributed by atoms with Crippen molar-refractivity contribution >= 4 is 17.6 Å². The van der Waals surface area contributed by atoms with E-state index >= 15 is 0 Å². The Hall–Kier alpha value is -1.39. The maximum Gasteiger partial charge on any atom is 0.352 e. The Balaban J connectivity index is 2.29. The lowest BCUT2D eigenvalue weighted by atomic mass is 10.1. The molecule has 0 aliphatic carbocycles. The maximum absolute atomic E-state index is 11.6. The first-order valence-electron chi connectivity index (χ1n) is 6.76. The van der Waals surface area contributed by atoms with Crippen molar-refractivity contribution in [2.24, 2.45) is 5.10 Å². The molecular weight excluding hydrogens is 232 g/mol. The molecule has 0 fully saturated rings. The van der Waals surface area contributed by atoms with Crippen LogP contribution < -0.4 is 0 Å². The highest BCUT2D eigenvalue weighted by molar-refractivity contribution is 6.36. The molecule has 102 valence electrons. The predicted molar refractivity (Wildman–Crippen MR) is 69.4 cm³/mol. The minimum Gasteiger partial charge on any atom is -0.477 e. The van der Waals surface area contributed by atoms with Crippen LogP contribution in [0.25, 0.3) is 0 Å². The average Bonchev–Trinajstić information content (AvgIpc) is 2.35. The molecule has 18 heavy (non-hydrogen) atoms. The molecule has 1 heterocycles. The number of hydrogen-bond donors (Lipinski definition) is 1. The zero-order valence-electron chi connectivity index (χ0n) is 11.0. The summed E-state index contributed by atoms with van der Waals surface area (Å²) in [7, 11) is 0. The molecular formula is C13H22N2O3. The Kier molecular flexibility index (Phi) is 6.39. The van der Waals surface area contributed by atoms with E-state index in [4.69, 9.17) is 5.11 Å². The van der Waals surface area contributed by atoms with Gasteiger partial charge >= 0.3 is 5.97 Å². The summed E-state index contributed by atoms with van der Waals surface area (Å²) in [5.74, 6) is -1.08. The molecule has 0 saturated heterocycles. The first-order valence-corrected chi connectivity index (χ1v) is 6.76. The molecule has 0 spiro atoms. The summed E-state index contributed by atoms with van der Waals surface area (Å²) in [5, 5.41) is 14.1. The Morgan fingerprint density at radius 3 is 2.56 bits per heavy atom. The third-order valence-electron chi connectivity index (χ3n) is 3.08. The molecule has 1 amide bonds. The van der Waals surface area contributed by atoms with Gasteiger partial charge in [-0.25, -0.2) is 9.80 Å². The van der Waals surface area contributed by atoms with Crippen LogP contribution in [0, 0.1) is 0 Å². The highest BCUT2D eigenvalue weighted by Gasteiger charge is 2.23. The monoisotopic (exact) mass is 254 g/mol. The molecule has 5 heteroatoms. The molecule has 5 nitrogen and oxygen atoms in total. The van der Waals surface area contributed by atoms with Gasteiger partial charge in [0, 0.05) is 19.4 Å². The lowest BCUT2D eigenvalue weighted by molar-refractivity contribution is -0.132. The molecule has 0 saturated carbocycles. The minimum atomic E-state index is -1.02. The van der Waals surface area contributed by atoms with Crippen molar-refractivity contribution in [1.29, 1.82) is 0 Å². The van der Waals surface area contributed by atoms with E-state index in [1.54, 1.807) is 0 Å². The summed E-state index contributed by atoms with van der Waals surface area (Å²) < 4.78 is 0. The van der Waals surface area contributed by atoms with Crippen LogP contribution in [0.1, 0.15) is 58.3 Å². The number of hydrazone groups is 1. The number of nitrogens with zero attached hydrogens (tertiary/aromatic N) is 2. The fourth-order valence-corrected chi connectivity index (χ4v) is 1.97. The standard InChI is InChI=1S/C13H22N2O3/c1-2-3-4-5-6-7-10-15-12(16)9-8-11(14-15)13(17)18/h2-10H2,1H3,(H,17,18). The molecule has 0 bridgehead atoms. The fraction of sp³-hybridized carbons (Fsp3) is 0.769. The minimum absolute atomic E-state index is 0.0615. The van der Waals surface area contributed by atoms with Gasteiger partial charge in [0.15, 0.2) is 0 Å². The number of carbonyl (C=O) groups is 2. The SMILES string of the molecule is CCCCCCCCN1N=C(C(=O)O)CCC1=O. The lowest BCUT2D eigenvalue weighted by Crippen LogP contribution is -2.34. The van der Waals surface area contributed by atoms with Crippen molar-refractivity contribution < 1.29 is 14.7 Å². The highest BCUT2D eigenvalue weighted by atomic mass is 16.4. The predicted octanol–water partition coefficient (Wildman–Crippen LogP) is 2.41. The molecule has 0 aromatic heterocycles. The molecule has 1 aliphatic heterocycles. The fourth-order valence-electron chi connectivity index (χ4n) is 1.97. The van der Waals surface area contributed by atoms with E-state index in [2.05, 4.69) is 12.0 Å². The molecule has 0 aromatic rings. The van der Waals surface area contributed by atoms with Gasteiger partial charge in [-0.3, -0.25) is 4.79 Å². The van der Waals surface area contributed by atoms with Gasteiger partial charge in [-0.2, -0.15) is 5.10 Å². The number of carbonyl (C=O) groups excluding carboxylic acids is 1. The summed E-state index contributed by atoms with van der Waals surface area (Å²) in [4.78, 5) is 22.3. The van der Waals surface area contributed by atoms with Crippen molar-refractivity contribution in [3.05, 3.63) is 0 Å². The number of carboxylic acid groups (broad SMARTS) is 1.